The van der Waals surface area contributed by atoms with Crippen molar-refractivity contribution in [2.24, 2.45) is 0 Å². The lowest BCUT2D eigenvalue weighted by molar-refractivity contribution is 0.0936. The maximum absolute atomic E-state index is 12.6. The molecule has 0 bridgehead atoms. The fourth-order valence-corrected chi connectivity index (χ4v) is 2.44. The minimum absolute atomic E-state index is 0.0805. The normalized spacial score (nSPS) is 12.1. The summed E-state index contributed by atoms with van der Waals surface area (Å²) in [7, 11) is 0. The Hall–Kier alpha value is -2.89. The number of furan rings is 1. The molecule has 118 valence electrons. The van der Waals surface area contributed by atoms with Gasteiger partial charge in [0.25, 0.3) is 5.91 Å². The number of hydrogen-bond acceptors (Lipinski definition) is 4. The molecule has 0 aliphatic carbocycles. The topological polar surface area (TPSA) is 73.0 Å². The summed E-state index contributed by atoms with van der Waals surface area (Å²) >= 11 is 0. The van der Waals surface area contributed by atoms with E-state index in [2.05, 4.69) is 15.4 Å². The summed E-state index contributed by atoms with van der Waals surface area (Å²) in [4.78, 5) is 16.5. The molecule has 2 heterocycles. The van der Waals surface area contributed by atoms with Crippen LogP contribution in [0.1, 0.15) is 23.0 Å². The molecule has 1 atom stereocenters. The van der Waals surface area contributed by atoms with Crippen molar-refractivity contribution in [2.45, 2.75) is 26.4 Å². The van der Waals surface area contributed by atoms with Crippen molar-refractivity contribution < 1.29 is 9.21 Å². The Bertz CT molecular complexity index is 778. The number of aromatic nitrogens is 3. The Balaban J connectivity index is 1.77. The third kappa shape index (κ3) is 3.48. The summed E-state index contributed by atoms with van der Waals surface area (Å²) in [6, 6.07) is 11.3. The van der Waals surface area contributed by atoms with E-state index in [0.29, 0.717) is 23.6 Å². The van der Waals surface area contributed by atoms with Gasteiger partial charge < -0.3 is 9.73 Å². The fourth-order valence-electron chi connectivity index (χ4n) is 2.44. The van der Waals surface area contributed by atoms with Crippen molar-refractivity contribution >= 4 is 5.91 Å². The molecule has 3 rings (SSSR count). The standard InChI is InChI=1S/C17H18N4O2/c1-12(9-21-11-18-10-19-21)20-17(22)15-8-13(2)23-16(15)14-6-4-3-5-7-14/h3-8,10-12H,9H2,1-2H3,(H,20,22). The van der Waals surface area contributed by atoms with E-state index in [9.17, 15) is 4.79 Å². The van der Waals surface area contributed by atoms with Crippen LogP contribution in [0, 0.1) is 6.92 Å². The van der Waals surface area contributed by atoms with Crippen molar-refractivity contribution in [3.8, 4) is 11.3 Å². The number of nitrogens with one attached hydrogen (secondary N) is 1. The van der Waals surface area contributed by atoms with Gasteiger partial charge in [-0.3, -0.25) is 9.48 Å². The van der Waals surface area contributed by atoms with Gasteiger partial charge in [-0.1, -0.05) is 30.3 Å². The molecule has 0 fully saturated rings. The molecule has 0 radical (unpaired) electrons. The number of benzene rings is 1. The number of aryl methyl sites for hydroxylation is 1. The van der Waals surface area contributed by atoms with Crippen LogP contribution in [-0.2, 0) is 6.54 Å². The van der Waals surface area contributed by atoms with Crippen molar-refractivity contribution in [1.82, 2.24) is 20.1 Å². The molecule has 2 aromatic heterocycles. The quantitative estimate of drug-likeness (QED) is 0.786. The summed E-state index contributed by atoms with van der Waals surface area (Å²) in [6.07, 6.45) is 3.10. The van der Waals surface area contributed by atoms with E-state index < -0.39 is 0 Å². The SMILES string of the molecule is Cc1cc(C(=O)NC(C)Cn2cncn2)c(-c2ccccc2)o1. The Labute approximate surface area is 134 Å². The molecule has 0 aliphatic rings. The molecule has 1 N–H and O–H groups in total. The first-order valence-corrected chi connectivity index (χ1v) is 7.42. The second-order valence-corrected chi connectivity index (χ2v) is 5.46. The van der Waals surface area contributed by atoms with E-state index in [1.54, 1.807) is 17.1 Å². The minimum atomic E-state index is -0.159. The number of hydrogen-bond donors (Lipinski definition) is 1. The van der Waals surface area contributed by atoms with Gasteiger partial charge in [-0.15, -0.1) is 0 Å². The first-order chi connectivity index (χ1) is 11.1. The van der Waals surface area contributed by atoms with Crippen molar-refractivity contribution in [3.63, 3.8) is 0 Å². The summed E-state index contributed by atoms with van der Waals surface area (Å²) < 4.78 is 7.41. The van der Waals surface area contributed by atoms with Crippen LogP contribution >= 0.6 is 0 Å². The molecular weight excluding hydrogens is 292 g/mol. The Morgan fingerprint density at radius 2 is 2.13 bits per heavy atom. The van der Waals surface area contributed by atoms with Crippen molar-refractivity contribution in [3.05, 3.63) is 60.4 Å². The predicted molar refractivity (Wildman–Crippen MR) is 85.8 cm³/mol. The monoisotopic (exact) mass is 310 g/mol. The van der Waals surface area contributed by atoms with Crippen LogP contribution in [0.15, 0.2) is 53.5 Å². The summed E-state index contributed by atoms with van der Waals surface area (Å²) in [5, 5.41) is 7.01. The van der Waals surface area contributed by atoms with E-state index in [-0.39, 0.29) is 11.9 Å². The zero-order valence-corrected chi connectivity index (χ0v) is 13.1. The summed E-state index contributed by atoms with van der Waals surface area (Å²) in [6.45, 7) is 4.32. The van der Waals surface area contributed by atoms with Crippen LogP contribution in [-0.4, -0.2) is 26.7 Å². The first-order valence-electron chi connectivity index (χ1n) is 7.42. The van der Waals surface area contributed by atoms with Gasteiger partial charge >= 0.3 is 0 Å². The van der Waals surface area contributed by atoms with Gasteiger partial charge in [-0.2, -0.15) is 5.10 Å². The molecule has 0 saturated heterocycles. The van der Waals surface area contributed by atoms with Crippen molar-refractivity contribution in [2.75, 3.05) is 0 Å². The fraction of sp³-hybridized carbons (Fsp3) is 0.235. The Kier molecular flexibility index (Phi) is 4.23. The van der Waals surface area contributed by atoms with Gasteiger partial charge in [0.05, 0.1) is 12.1 Å². The van der Waals surface area contributed by atoms with Gasteiger partial charge in [0.1, 0.15) is 24.2 Å². The van der Waals surface area contributed by atoms with E-state index in [1.165, 1.54) is 6.33 Å². The van der Waals surface area contributed by atoms with Crippen LogP contribution < -0.4 is 5.32 Å². The Morgan fingerprint density at radius 1 is 1.35 bits per heavy atom. The molecule has 1 unspecified atom stereocenters. The molecule has 0 saturated carbocycles. The van der Waals surface area contributed by atoms with E-state index in [4.69, 9.17) is 4.42 Å². The van der Waals surface area contributed by atoms with Gasteiger partial charge in [0.2, 0.25) is 0 Å². The zero-order chi connectivity index (χ0) is 16.2. The molecule has 6 nitrogen and oxygen atoms in total. The lowest BCUT2D eigenvalue weighted by atomic mass is 10.1. The van der Waals surface area contributed by atoms with Crippen LogP contribution in [0.5, 0.6) is 0 Å². The zero-order valence-electron chi connectivity index (χ0n) is 13.1. The van der Waals surface area contributed by atoms with Crippen LogP contribution in [0.4, 0.5) is 0 Å². The molecule has 1 aromatic carbocycles. The van der Waals surface area contributed by atoms with E-state index in [1.807, 2.05) is 44.2 Å². The van der Waals surface area contributed by atoms with Crippen molar-refractivity contribution in [1.29, 1.82) is 0 Å². The third-order valence-electron chi connectivity index (χ3n) is 3.44. The lowest BCUT2D eigenvalue weighted by Crippen LogP contribution is -2.35. The second-order valence-electron chi connectivity index (χ2n) is 5.46. The number of nitrogens with zero attached hydrogens (tertiary/aromatic N) is 3. The molecular formula is C17H18N4O2. The second kappa shape index (κ2) is 6.48. The maximum atomic E-state index is 12.6. The number of carbonyl (C=O) groups excluding carboxylic acids is 1. The van der Waals surface area contributed by atoms with Gasteiger partial charge in [0, 0.05) is 11.6 Å². The summed E-state index contributed by atoms with van der Waals surface area (Å²) in [5.41, 5.74) is 1.42. The maximum Gasteiger partial charge on any atom is 0.255 e. The highest BCUT2D eigenvalue weighted by molar-refractivity contribution is 6.00. The average Bonchev–Trinajstić information content (AvgIpc) is 3.17. The van der Waals surface area contributed by atoms with E-state index >= 15 is 0 Å². The first kappa shape index (κ1) is 15.0. The smallest absolute Gasteiger partial charge is 0.255 e. The minimum Gasteiger partial charge on any atom is -0.461 e. The lowest BCUT2D eigenvalue weighted by Gasteiger charge is -2.13. The highest BCUT2D eigenvalue weighted by atomic mass is 16.3. The van der Waals surface area contributed by atoms with Gasteiger partial charge in [-0.25, -0.2) is 4.98 Å². The molecule has 3 aromatic rings. The molecule has 23 heavy (non-hydrogen) atoms. The van der Waals surface area contributed by atoms with Gasteiger partial charge in [-0.05, 0) is 19.9 Å². The number of rotatable bonds is 5. The summed E-state index contributed by atoms with van der Waals surface area (Å²) in [5.74, 6) is 1.14. The molecule has 6 heteroatoms. The third-order valence-corrected chi connectivity index (χ3v) is 3.44. The van der Waals surface area contributed by atoms with Gasteiger partial charge in [0.15, 0.2) is 0 Å². The molecule has 0 aliphatic heterocycles. The largest absolute Gasteiger partial charge is 0.461 e. The Morgan fingerprint density at radius 3 is 2.83 bits per heavy atom. The van der Waals surface area contributed by atoms with Crippen LogP contribution in [0.2, 0.25) is 0 Å². The van der Waals surface area contributed by atoms with E-state index in [0.717, 1.165) is 5.56 Å². The highest BCUT2D eigenvalue weighted by Gasteiger charge is 2.19. The van der Waals surface area contributed by atoms with Crippen LogP contribution in [0.3, 0.4) is 0 Å². The average molecular weight is 310 g/mol. The number of amides is 1. The number of carbonyl (C=O) groups is 1. The molecule has 1 amide bonds. The highest BCUT2D eigenvalue weighted by Crippen LogP contribution is 2.27. The predicted octanol–water partition coefficient (Wildman–Crippen LogP) is 2.67. The van der Waals surface area contributed by atoms with Crippen LogP contribution in [0.25, 0.3) is 11.3 Å². The molecule has 0 spiro atoms.